The molecule has 0 aliphatic heterocycles. The molecule has 1 nitrogen and oxygen atoms in total. The molecule has 0 saturated heterocycles. The molecule has 1 atom stereocenters. The van der Waals surface area contributed by atoms with Gasteiger partial charge >= 0.3 is 0 Å². The lowest BCUT2D eigenvalue weighted by Crippen LogP contribution is -2.26. The summed E-state index contributed by atoms with van der Waals surface area (Å²) < 4.78 is 14.5. The predicted molar refractivity (Wildman–Crippen MR) is 80.9 cm³/mol. The smallest absolute Gasteiger partial charge is 0.126 e. The van der Waals surface area contributed by atoms with Crippen LogP contribution in [0.4, 0.5) is 4.39 Å². The molecule has 0 aliphatic carbocycles. The Bertz CT molecular complexity index is 574. The average molecular weight is 343 g/mol. The highest BCUT2D eigenvalue weighted by Crippen LogP contribution is 2.18. The molecule has 0 heterocycles. The van der Waals surface area contributed by atoms with E-state index in [4.69, 9.17) is 17.3 Å². The first kappa shape index (κ1) is 14.5. The molecule has 4 heteroatoms. The van der Waals surface area contributed by atoms with E-state index < -0.39 is 0 Å². The van der Waals surface area contributed by atoms with Crippen molar-refractivity contribution in [3.63, 3.8) is 0 Å². The molecule has 1 unspecified atom stereocenters. The zero-order valence-corrected chi connectivity index (χ0v) is 12.6. The molecule has 0 fully saturated rings. The van der Waals surface area contributed by atoms with Gasteiger partial charge in [-0.3, -0.25) is 0 Å². The summed E-state index contributed by atoms with van der Waals surface area (Å²) in [4.78, 5) is 0. The maximum atomic E-state index is 13.6. The minimum absolute atomic E-state index is 0.137. The number of hydrogen-bond donors (Lipinski definition) is 1. The van der Waals surface area contributed by atoms with E-state index in [1.54, 1.807) is 12.1 Å². The maximum absolute atomic E-state index is 13.6. The number of halogens is 3. The molecule has 0 saturated carbocycles. The second kappa shape index (κ2) is 6.51. The van der Waals surface area contributed by atoms with Crippen LogP contribution in [0.25, 0.3) is 0 Å². The van der Waals surface area contributed by atoms with E-state index in [0.29, 0.717) is 23.4 Å². The van der Waals surface area contributed by atoms with Crippen LogP contribution in [-0.4, -0.2) is 6.04 Å². The van der Waals surface area contributed by atoms with E-state index in [9.17, 15) is 4.39 Å². The van der Waals surface area contributed by atoms with Gasteiger partial charge in [0.25, 0.3) is 0 Å². The highest BCUT2D eigenvalue weighted by molar-refractivity contribution is 9.10. The van der Waals surface area contributed by atoms with Crippen molar-refractivity contribution in [2.24, 2.45) is 5.73 Å². The summed E-state index contributed by atoms with van der Waals surface area (Å²) in [5, 5.41) is 0.693. The SMILES string of the molecule is NC(Cc1cccc(Cl)c1)Cc1cc(Br)ccc1F. The van der Waals surface area contributed by atoms with Gasteiger partial charge in [0.15, 0.2) is 0 Å². The van der Waals surface area contributed by atoms with E-state index in [0.717, 1.165) is 10.0 Å². The van der Waals surface area contributed by atoms with Crippen molar-refractivity contribution in [2.75, 3.05) is 0 Å². The van der Waals surface area contributed by atoms with Crippen molar-refractivity contribution in [3.8, 4) is 0 Å². The van der Waals surface area contributed by atoms with Crippen molar-refractivity contribution in [1.82, 2.24) is 0 Å². The van der Waals surface area contributed by atoms with Crippen LogP contribution in [0.1, 0.15) is 11.1 Å². The minimum atomic E-state index is -0.218. The van der Waals surface area contributed by atoms with Crippen molar-refractivity contribution < 1.29 is 4.39 Å². The van der Waals surface area contributed by atoms with Crippen LogP contribution in [0.2, 0.25) is 5.02 Å². The van der Waals surface area contributed by atoms with Gasteiger partial charge in [0.2, 0.25) is 0 Å². The molecule has 0 aromatic heterocycles. The van der Waals surface area contributed by atoms with Crippen LogP contribution in [0.3, 0.4) is 0 Å². The molecule has 0 spiro atoms. The van der Waals surface area contributed by atoms with Crippen LogP contribution in [0.15, 0.2) is 46.9 Å². The summed E-state index contributed by atoms with van der Waals surface area (Å²) >= 11 is 9.27. The van der Waals surface area contributed by atoms with Crippen molar-refractivity contribution in [2.45, 2.75) is 18.9 Å². The largest absolute Gasteiger partial charge is 0.327 e. The summed E-state index contributed by atoms with van der Waals surface area (Å²) in [6.45, 7) is 0. The first-order valence-corrected chi connectivity index (χ1v) is 7.15. The van der Waals surface area contributed by atoms with Crippen molar-refractivity contribution >= 4 is 27.5 Å². The van der Waals surface area contributed by atoms with Crippen LogP contribution >= 0.6 is 27.5 Å². The second-order valence-corrected chi connectivity index (χ2v) is 5.89. The highest BCUT2D eigenvalue weighted by atomic mass is 79.9. The van der Waals surface area contributed by atoms with E-state index in [-0.39, 0.29) is 11.9 Å². The third-order valence-corrected chi connectivity index (χ3v) is 3.61. The maximum Gasteiger partial charge on any atom is 0.126 e. The van der Waals surface area contributed by atoms with Gasteiger partial charge < -0.3 is 5.73 Å². The average Bonchev–Trinajstić information content (AvgIpc) is 2.34. The van der Waals surface area contributed by atoms with Crippen LogP contribution in [-0.2, 0) is 12.8 Å². The van der Waals surface area contributed by atoms with Crippen LogP contribution < -0.4 is 5.73 Å². The fourth-order valence-corrected chi connectivity index (χ4v) is 2.64. The lowest BCUT2D eigenvalue weighted by atomic mass is 9.99. The molecule has 2 rings (SSSR count). The molecule has 2 aromatic carbocycles. The molecular formula is C15H14BrClFN. The molecule has 0 aliphatic rings. The molecular weight excluding hydrogens is 329 g/mol. The van der Waals surface area contributed by atoms with Gasteiger partial charge in [0.05, 0.1) is 0 Å². The van der Waals surface area contributed by atoms with Gasteiger partial charge in [0, 0.05) is 15.5 Å². The van der Waals surface area contributed by atoms with Gasteiger partial charge in [-0.1, -0.05) is 39.7 Å². The summed E-state index contributed by atoms with van der Waals surface area (Å²) in [6, 6.07) is 12.3. The Hall–Kier alpha value is -0.900. The van der Waals surface area contributed by atoms with E-state index in [1.807, 2.05) is 24.3 Å². The third kappa shape index (κ3) is 4.30. The molecule has 2 aromatic rings. The zero-order chi connectivity index (χ0) is 13.8. The molecule has 0 amide bonds. The third-order valence-electron chi connectivity index (χ3n) is 2.88. The van der Waals surface area contributed by atoms with Gasteiger partial charge in [-0.25, -0.2) is 4.39 Å². The number of rotatable bonds is 4. The van der Waals surface area contributed by atoms with Crippen LogP contribution in [0, 0.1) is 5.82 Å². The molecule has 0 radical (unpaired) electrons. The quantitative estimate of drug-likeness (QED) is 0.878. The summed E-state index contributed by atoms with van der Waals surface area (Å²) in [5.74, 6) is -0.218. The topological polar surface area (TPSA) is 26.0 Å². The Morgan fingerprint density at radius 3 is 2.68 bits per heavy atom. The van der Waals surface area contributed by atoms with E-state index >= 15 is 0 Å². The molecule has 0 bridgehead atoms. The molecule has 2 N–H and O–H groups in total. The summed E-state index contributed by atoms with van der Waals surface area (Å²) in [6.07, 6.45) is 1.17. The lowest BCUT2D eigenvalue weighted by Gasteiger charge is -2.13. The van der Waals surface area contributed by atoms with E-state index in [2.05, 4.69) is 15.9 Å². The number of benzene rings is 2. The first-order chi connectivity index (χ1) is 9.04. The highest BCUT2D eigenvalue weighted by Gasteiger charge is 2.10. The standard InChI is InChI=1S/C15H14BrClFN/c16-12-4-5-15(18)11(8-12)9-14(19)7-10-2-1-3-13(17)6-10/h1-6,8,14H,7,9,19H2. The van der Waals surface area contributed by atoms with Gasteiger partial charge in [-0.15, -0.1) is 0 Å². The van der Waals surface area contributed by atoms with Gasteiger partial charge in [-0.05, 0) is 54.3 Å². The predicted octanol–water partition coefficient (Wildman–Crippen LogP) is 4.35. The molecule has 19 heavy (non-hydrogen) atoms. The van der Waals surface area contributed by atoms with Gasteiger partial charge in [0.1, 0.15) is 5.82 Å². The van der Waals surface area contributed by atoms with Crippen LogP contribution in [0.5, 0.6) is 0 Å². The minimum Gasteiger partial charge on any atom is -0.327 e. The van der Waals surface area contributed by atoms with Gasteiger partial charge in [-0.2, -0.15) is 0 Å². The monoisotopic (exact) mass is 341 g/mol. The Morgan fingerprint density at radius 2 is 1.95 bits per heavy atom. The first-order valence-electron chi connectivity index (χ1n) is 5.98. The zero-order valence-electron chi connectivity index (χ0n) is 10.2. The second-order valence-electron chi connectivity index (χ2n) is 4.53. The summed E-state index contributed by atoms with van der Waals surface area (Å²) in [7, 11) is 0. The fourth-order valence-electron chi connectivity index (χ4n) is 2.02. The van der Waals surface area contributed by atoms with E-state index in [1.165, 1.54) is 6.07 Å². The lowest BCUT2D eigenvalue weighted by molar-refractivity contribution is 0.583. The van der Waals surface area contributed by atoms with Crippen molar-refractivity contribution in [1.29, 1.82) is 0 Å². The molecule has 100 valence electrons. The number of hydrogen-bond acceptors (Lipinski definition) is 1. The fraction of sp³-hybridized carbons (Fsp3) is 0.200. The van der Waals surface area contributed by atoms with Crippen molar-refractivity contribution in [3.05, 3.63) is 68.9 Å². The summed E-state index contributed by atoms with van der Waals surface area (Å²) in [5.41, 5.74) is 7.78. The number of nitrogens with two attached hydrogens (primary N) is 1. The Morgan fingerprint density at radius 1 is 1.16 bits per heavy atom. The Kier molecular flexibility index (Phi) is 4.97. The normalized spacial score (nSPS) is 12.4. The Balaban J connectivity index is 2.05. The Labute approximate surface area is 125 Å².